The summed E-state index contributed by atoms with van der Waals surface area (Å²) < 4.78 is 94.5. The SMILES string of the molecule is CC[C@H]1OC(=O)[C@H](C)[C@@H](O[C@H]2C[C@@](C)(OC)[C@@H](O)[C@H](C)O2)[C@H](C)[C@@H](O[C@@H]2O[C@H](C)C[C@H](N(C)C)[C@H]2OC(=O)CCCC[C@@H]2CCCS2)[C@](C)(O)C[C@@H](C)CN(C)[C@H](C)[C@@H](O)[C@]1(C)O.CC[C@H]1OC(=O)[C@H](C)[C@@H](O[C@H]2C[C@@](C)(OC)[C@@H](O)[C@H](C)O2)[C@H](C)[C@@H](O[C@@H]2O[C@H](C)C[C@H](N(C)C)[C@H]2OC(=O)OC(C)C)[C@](C)(O)C[C@@H](C)CN(C)[C@H](C)[C@@H](O)[C@]1(C)O. The minimum atomic E-state index is -1.83. The summed E-state index contributed by atoms with van der Waals surface area (Å²) in [6, 6.07) is -1.75. The third kappa shape index (κ3) is 27.6. The number of carbonyl (C=O) groups excluding carboxylic acids is 4. The summed E-state index contributed by atoms with van der Waals surface area (Å²) in [6.07, 6.45) is -12.9. The van der Waals surface area contributed by atoms with E-state index in [1.54, 1.807) is 96.9 Å². The number of esters is 3. The number of methoxy groups -OCH3 is 2. The van der Waals surface area contributed by atoms with Gasteiger partial charge in [0, 0.05) is 75.7 Å². The first-order chi connectivity index (χ1) is 56.1. The smallest absolute Gasteiger partial charge is 0.459 e. The molecular weight excluding hydrogens is 1590 g/mol. The molecule has 37 atom stereocenters. The van der Waals surface area contributed by atoms with Gasteiger partial charge in [-0.05, 0) is 235 Å². The molecule has 0 radical (unpaired) electrons. The summed E-state index contributed by atoms with van der Waals surface area (Å²) in [5.41, 5.74) is -8.99. The van der Waals surface area contributed by atoms with Crippen LogP contribution in [0, 0.1) is 35.5 Å². The number of nitrogens with zero attached hydrogens (tertiary/aromatic N) is 4. The highest BCUT2D eigenvalue weighted by atomic mass is 32.2. The van der Waals surface area contributed by atoms with Gasteiger partial charge in [-0.2, -0.15) is 11.8 Å². The van der Waals surface area contributed by atoms with Crippen LogP contribution in [0.25, 0.3) is 0 Å². The molecule has 121 heavy (non-hydrogen) atoms. The van der Waals surface area contributed by atoms with Crippen molar-refractivity contribution in [2.45, 2.75) is 434 Å². The topological polar surface area (TPSA) is 382 Å². The largest absolute Gasteiger partial charge is 0.509 e. The third-order valence-corrected chi connectivity index (χ3v) is 28.8. The fourth-order valence-corrected chi connectivity index (χ4v) is 21.1. The number of cyclic esters (lactones) is 2. The number of unbranched alkanes of at least 4 members (excludes halogenated alkanes) is 1. The first kappa shape index (κ1) is 107. The van der Waals surface area contributed by atoms with Crippen LogP contribution < -0.4 is 0 Å². The molecule has 7 rings (SSSR count). The lowest BCUT2D eigenvalue weighted by molar-refractivity contribution is -0.319. The normalized spacial score (nSPS) is 45.5. The summed E-state index contributed by atoms with van der Waals surface area (Å²) in [7, 11) is 14.3. The van der Waals surface area contributed by atoms with Crippen LogP contribution in [-0.2, 0) is 85.4 Å². The van der Waals surface area contributed by atoms with Gasteiger partial charge in [-0.15, -0.1) is 0 Å². The second-order valence-electron chi connectivity index (χ2n) is 39.2. The van der Waals surface area contributed by atoms with E-state index in [2.05, 4.69) is 0 Å². The quantitative estimate of drug-likeness (QED) is 0.0286. The van der Waals surface area contributed by atoms with Gasteiger partial charge in [0.05, 0.1) is 101 Å². The number of aliphatic hydroxyl groups excluding tert-OH is 4. The summed E-state index contributed by atoms with van der Waals surface area (Å²) in [4.78, 5) is 63.4. The van der Waals surface area contributed by atoms with Crippen LogP contribution in [0.1, 0.15) is 242 Å². The Morgan fingerprint density at radius 3 is 1.28 bits per heavy atom. The highest BCUT2D eigenvalue weighted by molar-refractivity contribution is 8.00. The van der Waals surface area contributed by atoms with Gasteiger partial charge in [-0.3, -0.25) is 14.4 Å². The molecule has 0 bridgehead atoms. The molecule has 7 aliphatic heterocycles. The molecule has 0 aromatic heterocycles. The number of rotatable bonds is 22. The van der Waals surface area contributed by atoms with E-state index >= 15 is 0 Å². The number of ether oxygens (including phenoxy) is 15. The Kier molecular flexibility index (Phi) is 40.3. The monoisotopic (exact) mass is 1750 g/mol. The average molecular weight is 1750 g/mol. The standard InChI is InChI=1S/C47H86N2O13S.C42H78N2O14/c1-15-35-47(10,55)40(51)31(6)49(13)26-27(2)24-45(8,54)42(29(4)38(30(5)43(53)59-35)61-37-25-46(9,56-14)41(52)32(7)58-37)62-44-39(34(48(11)12)23-28(3)57-44)60-36(50)21-17-16-19-33-20-18-22-63-33;1-17-30-42(12,50)34(45)27(8)44(15)21-23(4)19-40(10,49)36(58-38-33(57-39(48)52-22(2)3)29(43(13)14)18-24(5)53-38)25(6)32(26(7)37(47)55-30)56-31-20-41(11,51-16)35(46)28(9)54-31/h27-35,37-42,44,51-52,54-55H,15-26H2,1-14H3;22-36,38,45-46,49-50H,17-21H2,1-16H3/t27-,28-,29+,30-,31-,32+,33-,34+,35-,37+,38+,39-,40-,41+,42-,44+,45-,46-,47-;23-,24-,25+,26-,27-,28+,29+,30-,31+,32+,33-,34-,35+,36-,38+,40-,41-,42-/m11/s1. The first-order valence-electron chi connectivity index (χ1n) is 44.8. The highest BCUT2D eigenvalue weighted by Gasteiger charge is 2.57. The van der Waals surface area contributed by atoms with Crippen LogP contribution >= 0.6 is 11.8 Å². The number of hydrogen-bond donors (Lipinski definition) is 8. The van der Waals surface area contributed by atoms with Crippen molar-refractivity contribution in [3.8, 4) is 0 Å². The molecule has 0 saturated carbocycles. The van der Waals surface area contributed by atoms with Crippen LogP contribution in [-0.4, -0.2) is 352 Å². The summed E-state index contributed by atoms with van der Waals surface area (Å²) in [6.45, 7) is 39.5. The number of aliphatic hydroxyl groups is 8. The van der Waals surface area contributed by atoms with Crippen molar-refractivity contribution in [3.05, 3.63) is 0 Å². The lowest BCUT2D eigenvalue weighted by atomic mass is 9.77. The van der Waals surface area contributed by atoms with E-state index in [-0.39, 0.29) is 87.0 Å². The second kappa shape index (κ2) is 45.6. The first-order valence-corrected chi connectivity index (χ1v) is 45.9. The highest BCUT2D eigenvalue weighted by Crippen LogP contribution is 2.45. The van der Waals surface area contributed by atoms with Crippen LogP contribution in [0.5, 0.6) is 0 Å². The minimum absolute atomic E-state index is 0.100. The van der Waals surface area contributed by atoms with Gasteiger partial charge in [0.2, 0.25) is 0 Å². The fourth-order valence-electron chi connectivity index (χ4n) is 19.8. The maximum atomic E-state index is 14.5. The molecule has 0 unspecified atom stereocenters. The number of thioether (sulfide) groups is 1. The number of likely N-dealkylation sites (N-methyl/N-ethyl adjacent to an activating group) is 4. The summed E-state index contributed by atoms with van der Waals surface area (Å²) in [5, 5.41) is 95.2. The van der Waals surface area contributed by atoms with Crippen molar-refractivity contribution in [2.24, 2.45) is 35.5 Å². The van der Waals surface area contributed by atoms with Gasteiger partial charge >= 0.3 is 24.1 Å². The van der Waals surface area contributed by atoms with Crippen LogP contribution in [0.15, 0.2) is 0 Å². The maximum Gasteiger partial charge on any atom is 0.509 e. The zero-order valence-electron chi connectivity index (χ0n) is 79.0. The Morgan fingerprint density at radius 2 is 0.934 bits per heavy atom. The summed E-state index contributed by atoms with van der Waals surface area (Å²) >= 11 is 2.02. The van der Waals surface area contributed by atoms with E-state index < -0.39 is 204 Å². The number of hydrogen-bond acceptors (Lipinski definition) is 32. The van der Waals surface area contributed by atoms with Crippen molar-refractivity contribution in [3.63, 3.8) is 0 Å². The van der Waals surface area contributed by atoms with Crippen molar-refractivity contribution < 1.29 is 131 Å². The van der Waals surface area contributed by atoms with E-state index in [0.717, 1.165) is 19.3 Å². The zero-order chi connectivity index (χ0) is 91.4. The Balaban J connectivity index is 0.000000376. The van der Waals surface area contributed by atoms with E-state index in [1.165, 1.54) is 46.7 Å². The van der Waals surface area contributed by atoms with E-state index in [9.17, 15) is 60.0 Å². The molecule has 8 N–H and O–H groups in total. The van der Waals surface area contributed by atoms with Crippen LogP contribution in [0.4, 0.5) is 4.79 Å². The third-order valence-electron chi connectivity index (χ3n) is 27.4. The number of carbonyl (C=O) groups is 4. The lowest BCUT2D eigenvalue weighted by Gasteiger charge is -2.49. The molecule has 0 aromatic rings. The van der Waals surface area contributed by atoms with Crippen molar-refractivity contribution in [1.29, 1.82) is 0 Å². The van der Waals surface area contributed by atoms with E-state index in [0.29, 0.717) is 31.2 Å². The van der Waals surface area contributed by atoms with Crippen LogP contribution in [0.3, 0.4) is 0 Å². The van der Waals surface area contributed by atoms with Gasteiger partial charge in [-0.1, -0.05) is 48.0 Å². The molecule has 7 fully saturated rings. The molecule has 0 spiro atoms. The average Bonchev–Trinajstić information content (AvgIpc) is 1.43. The predicted molar refractivity (Wildman–Crippen MR) is 457 cm³/mol. The molecule has 708 valence electrons. The maximum absolute atomic E-state index is 14.5. The predicted octanol–water partition coefficient (Wildman–Crippen LogP) is 8.38. The Bertz CT molecular complexity index is 3160. The van der Waals surface area contributed by atoms with E-state index in [1.807, 2.05) is 115 Å². The Labute approximate surface area is 728 Å². The van der Waals surface area contributed by atoms with E-state index in [4.69, 9.17) is 71.1 Å². The zero-order valence-corrected chi connectivity index (χ0v) is 79.8. The molecule has 0 aliphatic carbocycles. The Hall–Kier alpha value is -2.85. The van der Waals surface area contributed by atoms with Crippen LogP contribution in [0.2, 0.25) is 0 Å². The molecule has 0 amide bonds. The van der Waals surface area contributed by atoms with Gasteiger partial charge < -0.3 is 132 Å². The molecule has 7 saturated heterocycles. The fraction of sp³-hybridized carbons (Fsp3) is 0.955. The van der Waals surface area contributed by atoms with Gasteiger partial charge in [0.15, 0.2) is 37.4 Å². The molecule has 0 aromatic carbocycles. The molecule has 7 aliphatic rings. The van der Waals surface area contributed by atoms with Gasteiger partial charge in [0.25, 0.3) is 0 Å². The lowest BCUT2D eigenvalue weighted by Crippen LogP contribution is -2.61. The molecule has 7 heterocycles. The Morgan fingerprint density at radius 1 is 0.545 bits per heavy atom. The van der Waals surface area contributed by atoms with Gasteiger partial charge in [0.1, 0.15) is 47.8 Å². The minimum Gasteiger partial charge on any atom is -0.459 e. The van der Waals surface area contributed by atoms with Crippen molar-refractivity contribution in [2.75, 3.05) is 75.3 Å². The van der Waals surface area contributed by atoms with Gasteiger partial charge in [-0.25, -0.2) is 4.79 Å². The molecule has 32 heteroatoms. The molecule has 31 nitrogen and oxygen atoms in total. The van der Waals surface area contributed by atoms with Crippen molar-refractivity contribution >= 4 is 35.8 Å². The molecular formula is C89H164N4O27S. The second-order valence-corrected chi connectivity index (χ2v) is 40.6. The van der Waals surface area contributed by atoms with Crippen molar-refractivity contribution in [1.82, 2.24) is 19.6 Å². The summed E-state index contributed by atoms with van der Waals surface area (Å²) in [5.74, 6) is -4.62.